The average molecular weight is 301 g/mol. The van der Waals surface area contributed by atoms with Crippen molar-refractivity contribution in [2.45, 2.75) is 6.42 Å². The maximum absolute atomic E-state index is 12.1. The number of amides is 1. The molecular formula is C17H19NO4. The third kappa shape index (κ3) is 3.91. The summed E-state index contributed by atoms with van der Waals surface area (Å²) in [7, 11) is 4.76. The van der Waals surface area contributed by atoms with Gasteiger partial charge in [-0.3, -0.25) is 4.79 Å². The van der Waals surface area contributed by atoms with Gasteiger partial charge in [-0.2, -0.15) is 0 Å². The molecule has 0 unspecified atom stereocenters. The van der Waals surface area contributed by atoms with E-state index in [2.05, 4.69) is 5.32 Å². The SMILES string of the molecule is COc1ccc(NC(=O)Cc2ccc(OC)cc2OC)cc1. The Balaban J connectivity index is 2.04. The summed E-state index contributed by atoms with van der Waals surface area (Å²) in [6.45, 7) is 0. The lowest BCUT2D eigenvalue weighted by Crippen LogP contribution is -2.14. The first-order valence-corrected chi connectivity index (χ1v) is 6.81. The minimum Gasteiger partial charge on any atom is -0.497 e. The Labute approximate surface area is 129 Å². The van der Waals surface area contributed by atoms with Gasteiger partial charge in [0.15, 0.2) is 0 Å². The topological polar surface area (TPSA) is 56.8 Å². The fourth-order valence-electron chi connectivity index (χ4n) is 2.05. The first-order valence-electron chi connectivity index (χ1n) is 6.81. The second-order valence-electron chi connectivity index (χ2n) is 4.63. The van der Waals surface area contributed by atoms with Crippen molar-refractivity contribution >= 4 is 11.6 Å². The van der Waals surface area contributed by atoms with Crippen molar-refractivity contribution in [3.05, 3.63) is 48.0 Å². The Bertz CT molecular complexity index is 638. The van der Waals surface area contributed by atoms with Crippen LogP contribution in [0, 0.1) is 0 Å². The average Bonchev–Trinajstić information content (AvgIpc) is 2.55. The Morgan fingerprint density at radius 2 is 1.55 bits per heavy atom. The molecule has 5 heteroatoms. The molecule has 116 valence electrons. The van der Waals surface area contributed by atoms with Crippen LogP contribution < -0.4 is 19.5 Å². The van der Waals surface area contributed by atoms with Crippen LogP contribution in [0.25, 0.3) is 0 Å². The molecule has 0 radical (unpaired) electrons. The molecule has 0 aliphatic heterocycles. The zero-order chi connectivity index (χ0) is 15.9. The van der Waals surface area contributed by atoms with E-state index in [9.17, 15) is 4.79 Å². The van der Waals surface area contributed by atoms with Crippen LogP contribution in [-0.4, -0.2) is 27.2 Å². The van der Waals surface area contributed by atoms with Gasteiger partial charge in [-0.05, 0) is 30.3 Å². The first kappa shape index (κ1) is 15.7. The second-order valence-corrected chi connectivity index (χ2v) is 4.63. The van der Waals surface area contributed by atoms with Gasteiger partial charge in [0.1, 0.15) is 17.2 Å². The van der Waals surface area contributed by atoms with E-state index < -0.39 is 0 Å². The number of methoxy groups -OCH3 is 3. The van der Waals surface area contributed by atoms with Gasteiger partial charge in [0.25, 0.3) is 0 Å². The fourth-order valence-corrected chi connectivity index (χ4v) is 2.05. The van der Waals surface area contributed by atoms with E-state index in [0.717, 1.165) is 17.0 Å². The molecule has 2 rings (SSSR count). The van der Waals surface area contributed by atoms with E-state index in [1.54, 1.807) is 57.7 Å². The summed E-state index contributed by atoms with van der Waals surface area (Å²) in [4.78, 5) is 12.1. The number of hydrogen-bond acceptors (Lipinski definition) is 4. The molecule has 2 aromatic carbocycles. The van der Waals surface area contributed by atoms with Crippen molar-refractivity contribution in [3.8, 4) is 17.2 Å². The van der Waals surface area contributed by atoms with Crippen LogP contribution in [-0.2, 0) is 11.2 Å². The van der Waals surface area contributed by atoms with Crippen molar-refractivity contribution in [3.63, 3.8) is 0 Å². The van der Waals surface area contributed by atoms with Gasteiger partial charge in [0, 0.05) is 17.3 Å². The summed E-state index contributed by atoms with van der Waals surface area (Å²) in [5.41, 5.74) is 1.52. The van der Waals surface area contributed by atoms with E-state index >= 15 is 0 Å². The molecular weight excluding hydrogens is 282 g/mol. The Morgan fingerprint density at radius 3 is 2.14 bits per heavy atom. The minimum absolute atomic E-state index is 0.117. The maximum atomic E-state index is 12.1. The van der Waals surface area contributed by atoms with E-state index in [4.69, 9.17) is 14.2 Å². The zero-order valence-electron chi connectivity index (χ0n) is 12.9. The lowest BCUT2D eigenvalue weighted by atomic mass is 10.1. The number of ether oxygens (including phenoxy) is 3. The highest BCUT2D eigenvalue weighted by Gasteiger charge is 2.10. The first-order chi connectivity index (χ1) is 10.7. The van der Waals surface area contributed by atoms with Gasteiger partial charge in [-0.25, -0.2) is 0 Å². The lowest BCUT2D eigenvalue weighted by Gasteiger charge is -2.11. The third-order valence-electron chi connectivity index (χ3n) is 3.22. The number of anilines is 1. The zero-order valence-corrected chi connectivity index (χ0v) is 12.9. The van der Waals surface area contributed by atoms with Crippen LogP contribution in [0.2, 0.25) is 0 Å². The van der Waals surface area contributed by atoms with Gasteiger partial charge < -0.3 is 19.5 Å². The Kier molecular flexibility index (Phi) is 5.25. The summed E-state index contributed by atoms with van der Waals surface area (Å²) in [6, 6.07) is 12.6. The van der Waals surface area contributed by atoms with Crippen molar-refractivity contribution in [2.75, 3.05) is 26.6 Å². The highest BCUT2D eigenvalue weighted by atomic mass is 16.5. The highest BCUT2D eigenvalue weighted by Crippen LogP contribution is 2.25. The minimum atomic E-state index is -0.117. The van der Waals surface area contributed by atoms with E-state index in [1.165, 1.54) is 0 Å². The van der Waals surface area contributed by atoms with Crippen LogP contribution in [0.3, 0.4) is 0 Å². The molecule has 0 saturated carbocycles. The molecule has 1 N–H and O–H groups in total. The maximum Gasteiger partial charge on any atom is 0.228 e. The normalized spacial score (nSPS) is 9.95. The van der Waals surface area contributed by atoms with Crippen LogP contribution in [0.4, 0.5) is 5.69 Å². The summed E-state index contributed by atoms with van der Waals surface area (Å²) in [5, 5.41) is 2.84. The number of rotatable bonds is 6. The van der Waals surface area contributed by atoms with Crippen molar-refractivity contribution < 1.29 is 19.0 Å². The standard InChI is InChI=1S/C17H19NO4/c1-20-14-8-5-13(6-9-14)18-17(19)10-12-4-7-15(21-2)11-16(12)22-3/h4-9,11H,10H2,1-3H3,(H,18,19). The summed E-state index contributed by atoms with van der Waals surface area (Å²) in [6.07, 6.45) is 0.221. The fraction of sp³-hybridized carbons (Fsp3) is 0.235. The van der Waals surface area contributed by atoms with E-state index in [-0.39, 0.29) is 12.3 Å². The smallest absolute Gasteiger partial charge is 0.228 e. The van der Waals surface area contributed by atoms with Crippen LogP contribution in [0.1, 0.15) is 5.56 Å². The molecule has 2 aromatic rings. The molecule has 22 heavy (non-hydrogen) atoms. The van der Waals surface area contributed by atoms with Gasteiger partial charge in [-0.15, -0.1) is 0 Å². The number of hydrogen-bond donors (Lipinski definition) is 1. The van der Waals surface area contributed by atoms with Gasteiger partial charge in [0.05, 0.1) is 27.8 Å². The Hall–Kier alpha value is -2.69. The van der Waals surface area contributed by atoms with Crippen LogP contribution in [0.5, 0.6) is 17.2 Å². The van der Waals surface area contributed by atoms with Crippen molar-refractivity contribution in [1.29, 1.82) is 0 Å². The summed E-state index contributed by atoms with van der Waals surface area (Å²) >= 11 is 0. The largest absolute Gasteiger partial charge is 0.497 e. The molecule has 0 spiro atoms. The number of nitrogens with one attached hydrogen (secondary N) is 1. The monoisotopic (exact) mass is 301 g/mol. The quantitative estimate of drug-likeness (QED) is 0.891. The van der Waals surface area contributed by atoms with Crippen molar-refractivity contribution in [1.82, 2.24) is 0 Å². The molecule has 0 heterocycles. The molecule has 0 atom stereocenters. The van der Waals surface area contributed by atoms with Crippen LogP contribution >= 0.6 is 0 Å². The highest BCUT2D eigenvalue weighted by molar-refractivity contribution is 5.92. The number of benzene rings is 2. The molecule has 0 saturated heterocycles. The second kappa shape index (κ2) is 7.36. The third-order valence-corrected chi connectivity index (χ3v) is 3.22. The lowest BCUT2D eigenvalue weighted by molar-refractivity contribution is -0.115. The molecule has 0 bridgehead atoms. The predicted molar refractivity (Wildman–Crippen MR) is 84.9 cm³/mol. The molecule has 0 fully saturated rings. The summed E-state index contributed by atoms with van der Waals surface area (Å²) < 4.78 is 15.5. The van der Waals surface area contributed by atoms with Gasteiger partial charge in [0.2, 0.25) is 5.91 Å². The molecule has 0 aliphatic carbocycles. The Morgan fingerprint density at radius 1 is 0.909 bits per heavy atom. The van der Waals surface area contributed by atoms with E-state index in [1.807, 2.05) is 6.07 Å². The van der Waals surface area contributed by atoms with Crippen molar-refractivity contribution in [2.24, 2.45) is 0 Å². The molecule has 0 aromatic heterocycles. The van der Waals surface area contributed by atoms with E-state index in [0.29, 0.717) is 11.5 Å². The number of carbonyl (C=O) groups is 1. The number of carbonyl (C=O) groups excluding carboxylic acids is 1. The van der Waals surface area contributed by atoms with Crippen LogP contribution in [0.15, 0.2) is 42.5 Å². The predicted octanol–water partition coefficient (Wildman–Crippen LogP) is 2.89. The van der Waals surface area contributed by atoms with Gasteiger partial charge >= 0.3 is 0 Å². The molecule has 5 nitrogen and oxygen atoms in total. The van der Waals surface area contributed by atoms with Gasteiger partial charge in [-0.1, -0.05) is 6.07 Å². The summed E-state index contributed by atoms with van der Waals surface area (Å²) in [5.74, 6) is 1.95. The molecule has 1 amide bonds. The molecule has 0 aliphatic rings.